The molecule has 0 bridgehead atoms. The van der Waals surface area contributed by atoms with E-state index in [4.69, 9.17) is 9.47 Å². The zero-order chi connectivity index (χ0) is 14.9. The van der Waals surface area contributed by atoms with E-state index in [-0.39, 0.29) is 12.1 Å². The third-order valence-corrected chi connectivity index (χ3v) is 3.25. The number of nitrogens with zero attached hydrogens (tertiary/aromatic N) is 3. The second kappa shape index (κ2) is 5.34. The Morgan fingerprint density at radius 3 is 2.70 bits per heavy atom. The zero-order valence-corrected chi connectivity index (χ0v) is 12.8. The Balaban J connectivity index is 1.99. The summed E-state index contributed by atoms with van der Waals surface area (Å²) in [5, 5.41) is 4.39. The maximum Gasteiger partial charge on any atom is 0.410 e. The third kappa shape index (κ3) is 3.23. The van der Waals surface area contributed by atoms with Crippen molar-refractivity contribution in [3.8, 4) is 5.88 Å². The summed E-state index contributed by atoms with van der Waals surface area (Å²) < 4.78 is 12.5. The largest absolute Gasteiger partial charge is 0.480 e. The molecule has 20 heavy (non-hydrogen) atoms. The number of rotatable bonds is 2. The van der Waals surface area contributed by atoms with E-state index in [0.29, 0.717) is 19.0 Å². The number of amides is 1. The first-order valence-electron chi connectivity index (χ1n) is 6.88. The average molecular weight is 281 g/mol. The van der Waals surface area contributed by atoms with Gasteiger partial charge in [0.2, 0.25) is 5.88 Å². The smallest absolute Gasteiger partial charge is 0.410 e. The van der Waals surface area contributed by atoms with Gasteiger partial charge in [-0.05, 0) is 34.1 Å². The molecule has 0 aromatic carbocycles. The molecule has 1 aliphatic heterocycles. The highest BCUT2D eigenvalue weighted by Crippen LogP contribution is 2.25. The van der Waals surface area contributed by atoms with E-state index >= 15 is 0 Å². The van der Waals surface area contributed by atoms with Crippen LogP contribution in [0.2, 0.25) is 0 Å². The number of ether oxygens (including phenoxy) is 2. The minimum atomic E-state index is -0.458. The Bertz CT molecular complexity index is 490. The molecule has 1 saturated heterocycles. The van der Waals surface area contributed by atoms with Gasteiger partial charge in [0.1, 0.15) is 5.60 Å². The number of aromatic nitrogens is 2. The normalized spacial score (nSPS) is 19.2. The lowest BCUT2D eigenvalue weighted by atomic mass is 10.2. The summed E-state index contributed by atoms with van der Waals surface area (Å²) in [6.07, 6.45) is 2.59. The molecule has 1 amide bonds. The molecule has 0 N–H and O–H groups in total. The Kier molecular flexibility index (Phi) is 3.92. The van der Waals surface area contributed by atoms with Gasteiger partial charge in [0.15, 0.2) is 0 Å². The summed E-state index contributed by atoms with van der Waals surface area (Å²) in [4.78, 5) is 13.8. The van der Waals surface area contributed by atoms with Crippen LogP contribution in [0, 0.1) is 6.92 Å². The molecule has 1 atom stereocenters. The number of hydrogen-bond acceptors (Lipinski definition) is 4. The van der Waals surface area contributed by atoms with Gasteiger partial charge in [0, 0.05) is 24.8 Å². The second-order valence-electron chi connectivity index (χ2n) is 6.17. The number of aryl methyl sites for hydroxylation is 1. The van der Waals surface area contributed by atoms with Crippen molar-refractivity contribution in [1.29, 1.82) is 0 Å². The molecule has 1 unspecified atom stereocenters. The highest BCUT2D eigenvalue weighted by atomic mass is 16.6. The van der Waals surface area contributed by atoms with Crippen LogP contribution in [0.15, 0.2) is 6.20 Å². The van der Waals surface area contributed by atoms with Crippen LogP contribution < -0.4 is 4.74 Å². The SMILES string of the molecule is COc1nn(C2CCN(C(=O)OC(C)(C)C)C2)cc1C. The van der Waals surface area contributed by atoms with E-state index in [1.165, 1.54) is 0 Å². The van der Waals surface area contributed by atoms with Gasteiger partial charge in [-0.25, -0.2) is 4.79 Å². The summed E-state index contributed by atoms with van der Waals surface area (Å²) >= 11 is 0. The van der Waals surface area contributed by atoms with Crippen LogP contribution in [0.4, 0.5) is 4.79 Å². The maximum absolute atomic E-state index is 12.0. The highest BCUT2D eigenvalue weighted by Gasteiger charge is 2.31. The molecule has 0 saturated carbocycles. The molecule has 1 aliphatic rings. The van der Waals surface area contributed by atoms with E-state index in [0.717, 1.165) is 12.0 Å². The maximum atomic E-state index is 12.0. The van der Waals surface area contributed by atoms with Crippen molar-refractivity contribution in [2.75, 3.05) is 20.2 Å². The van der Waals surface area contributed by atoms with Gasteiger partial charge in [-0.2, -0.15) is 0 Å². The molecule has 1 fully saturated rings. The van der Waals surface area contributed by atoms with E-state index in [2.05, 4.69) is 5.10 Å². The Labute approximate surface area is 119 Å². The second-order valence-corrected chi connectivity index (χ2v) is 6.17. The summed E-state index contributed by atoms with van der Waals surface area (Å²) in [6.45, 7) is 8.91. The van der Waals surface area contributed by atoms with Crippen LogP contribution >= 0.6 is 0 Å². The van der Waals surface area contributed by atoms with Crippen molar-refractivity contribution < 1.29 is 14.3 Å². The fraction of sp³-hybridized carbons (Fsp3) is 0.714. The number of carbonyl (C=O) groups is 1. The lowest BCUT2D eigenvalue weighted by Crippen LogP contribution is -2.35. The monoisotopic (exact) mass is 281 g/mol. The highest BCUT2D eigenvalue weighted by molar-refractivity contribution is 5.68. The van der Waals surface area contributed by atoms with Crippen LogP contribution in [0.25, 0.3) is 0 Å². The van der Waals surface area contributed by atoms with Crippen LogP contribution in [-0.2, 0) is 4.74 Å². The standard InChI is InChI=1S/C14H23N3O3/c1-10-8-17(15-12(10)19-5)11-6-7-16(9-11)13(18)20-14(2,3)4/h8,11H,6-7,9H2,1-5H3. The molecule has 2 heterocycles. The fourth-order valence-corrected chi connectivity index (χ4v) is 2.31. The first-order chi connectivity index (χ1) is 9.30. The topological polar surface area (TPSA) is 56.6 Å². The van der Waals surface area contributed by atoms with Crippen LogP contribution in [0.3, 0.4) is 0 Å². The Hall–Kier alpha value is -1.72. The molecular formula is C14H23N3O3. The summed E-state index contributed by atoms with van der Waals surface area (Å²) in [7, 11) is 1.61. The summed E-state index contributed by atoms with van der Waals surface area (Å²) in [5.41, 5.74) is 0.545. The van der Waals surface area contributed by atoms with E-state index in [1.54, 1.807) is 12.0 Å². The van der Waals surface area contributed by atoms with Gasteiger partial charge >= 0.3 is 6.09 Å². The Morgan fingerprint density at radius 2 is 2.15 bits per heavy atom. The van der Waals surface area contributed by atoms with Gasteiger partial charge in [-0.1, -0.05) is 0 Å². The molecule has 6 nitrogen and oxygen atoms in total. The van der Waals surface area contributed by atoms with Crippen LogP contribution in [-0.4, -0.2) is 46.6 Å². The van der Waals surface area contributed by atoms with Crippen molar-refractivity contribution in [1.82, 2.24) is 14.7 Å². The first-order valence-corrected chi connectivity index (χ1v) is 6.88. The number of likely N-dealkylation sites (tertiary alicyclic amines) is 1. The van der Waals surface area contributed by atoms with E-state index in [9.17, 15) is 4.79 Å². The molecule has 0 aliphatic carbocycles. The van der Waals surface area contributed by atoms with Crippen molar-refractivity contribution in [3.05, 3.63) is 11.8 Å². The zero-order valence-electron chi connectivity index (χ0n) is 12.8. The van der Waals surface area contributed by atoms with Gasteiger partial charge in [-0.15, -0.1) is 5.10 Å². The van der Waals surface area contributed by atoms with E-state index in [1.807, 2.05) is 38.6 Å². The van der Waals surface area contributed by atoms with Crippen molar-refractivity contribution in [2.24, 2.45) is 0 Å². The van der Waals surface area contributed by atoms with Gasteiger partial charge in [0.05, 0.1) is 13.2 Å². The minimum Gasteiger partial charge on any atom is -0.480 e. The first kappa shape index (κ1) is 14.7. The predicted molar refractivity (Wildman–Crippen MR) is 75.0 cm³/mol. The molecule has 1 aromatic heterocycles. The average Bonchev–Trinajstić information content (AvgIpc) is 2.92. The molecule has 112 valence electrons. The number of methoxy groups -OCH3 is 1. The van der Waals surface area contributed by atoms with Gasteiger partial charge in [-0.3, -0.25) is 4.68 Å². The van der Waals surface area contributed by atoms with Crippen LogP contribution in [0.1, 0.15) is 38.8 Å². The fourth-order valence-electron chi connectivity index (χ4n) is 2.31. The molecular weight excluding hydrogens is 258 g/mol. The number of hydrogen-bond donors (Lipinski definition) is 0. The molecule has 2 rings (SSSR count). The van der Waals surface area contributed by atoms with Crippen molar-refractivity contribution >= 4 is 6.09 Å². The quantitative estimate of drug-likeness (QED) is 0.835. The van der Waals surface area contributed by atoms with Gasteiger partial charge in [0.25, 0.3) is 0 Å². The number of carbonyl (C=O) groups excluding carboxylic acids is 1. The molecule has 0 spiro atoms. The molecule has 0 radical (unpaired) electrons. The molecule has 1 aromatic rings. The van der Waals surface area contributed by atoms with Gasteiger partial charge < -0.3 is 14.4 Å². The predicted octanol–water partition coefficient (Wildman–Crippen LogP) is 2.38. The van der Waals surface area contributed by atoms with E-state index < -0.39 is 5.60 Å². The molecule has 6 heteroatoms. The summed E-state index contributed by atoms with van der Waals surface area (Å²) in [6, 6.07) is 0.185. The van der Waals surface area contributed by atoms with Crippen LogP contribution in [0.5, 0.6) is 5.88 Å². The van der Waals surface area contributed by atoms with Crippen molar-refractivity contribution in [2.45, 2.75) is 45.8 Å². The lowest BCUT2D eigenvalue weighted by Gasteiger charge is -2.24. The lowest BCUT2D eigenvalue weighted by molar-refractivity contribution is 0.0288. The third-order valence-electron chi connectivity index (χ3n) is 3.25. The summed E-state index contributed by atoms with van der Waals surface area (Å²) in [5.74, 6) is 0.640. The minimum absolute atomic E-state index is 0.185. The van der Waals surface area contributed by atoms with Crippen molar-refractivity contribution in [3.63, 3.8) is 0 Å². The Morgan fingerprint density at radius 1 is 1.45 bits per heavy atom.